The molecule has 1 aliphatic rings. The van der Waals surface area contributed by atoms with Crippen molar-refractivity contribution in [1.82, 2.24) is 20.2 Å². The standard InChI is InChI=1S/C19H20N6O/c1-24(2)15-8-4-14(5-9-15)18-12-17(20-19-21-22-23-25(18)19)13-6-10-16(26-3)11-7-13/h4-12,18H,1-3H3,(H,20,21,23). The molecule has 0 saturated heterocycles. The van der Waals surface area contributed by atoms with E-state index in [-0.39, 0.29) is 6.04 Å². The predicted molar refractivity (Wildman–Crippen MR) is 101 cm³/mol. The molecule has 26 heavy (non-hydrogen) atoms. The van der Waals surface area contributed by atoms with Crippen LogP contribution in [-0.4, -0.2) is 41.4 Å². The van der Waals surface area contributed by atoms with Gasteiger partial charge in [-0.05, 0) is 64.0 Å². The van der Waals surface area contributed by atoms with Crippen molar-refractivity contribution in [3.05, 3.63) is 65.7 Å². The molecule has 0 spiro atoms. The highest BCUT2D eigenvalue weighted by Crippen LogP contribution is 2.32. The fourth-order valence-electron chi connectivity index (χ4n) is 3.00. The maximum atomic E-state index is 5.24. The highest BCUT2D eigenvalue weighted by atomic mass is 16.5. The van der Waals surface area contributed by atoms with E-state index in [1.165, 1.54) is 0 Å². The molecule has 1 atom stereocenters. The number of nitrogens with zero attached hydrogens (tertiary/aromatic N) is 5. The summed E-state index contributed by atoms with van der Waals surface area (Å²) in [6.07, 6.45) is 2.13. The average molecular weight is 348 g/mol. The third kappa shape index (κ3) is 2.88. The summed E-state index contributed by atoms with van der Waals surface area (Å²) in [7, 11) is 5.72. The van der Waals surface area contributed by atoms with Gasteiger partial charge in [-0.1, -0.05) is 17.2 Å². The number of ether oxygens (including phenoxy) is 1. The van der Waals surface area contributed by atoms with Crippen molar-refractivity contribution < 1.29 is 4.74 Å². The number of fused-ring (bicyclic) bond motifs is 1. The van der Waals surface area contributed by atoms with Gasteiger partial charge >= 0.3 is 0 Å². The van der Waals surface area contributed by atoms with Gasteiger partial charge in [0.2, 0.25) is 5.95 Å². The minimum atomic E-state index is -0.0745. The topological polar surface area (TPSA) is 68.1 Å². The molecule has 7 heteroatoms. The number of hydrogen-bond acceptors (Lipinski definition) is 6. The zero-order valence-corrected chi connectivity index (χ0v) is 14.9. The van der Waals surface area contributed by atoms with Crippen molar-refractivity contribution in [2.45, 2.75) is 6.04 Å². The lowest BCUT2D eigenvalue weighted by molar-refractivity contribution is 0.415. The first-order valence-electron chi connectivity index (χ1n) is 8.34. The van der Waals surface area contributed by atoms with E-state index in [1.54, 1.807) is 11.8 Å². The molecule has 0 bridgehead atoms. The van der Waals surface area contributed by atoms with E-state index in [0.717, 1.165) is 28.3 Å². The molecule has 0 aliphatic carbocycles. The van der Waals surface area contributed by atoms with Gasteiger partial charge in [0.25, 0.3) is 0 Å². The minimum absolute atomic E-state index is 0.0745. The lowest BCUT2D eigenvalue weighted by atomic mass is 10.0. The largest absolute Gasteiger partial charge is 0.497 e. The smallest absolute Gasteiger partial charge is 0.248 e. The second-order valence-corrected chi connectivity index (χ2v) is 6.31. The molecule has 7 nitrogen and oxygen atoms in total. The van der Waals surface area contributed by atoms with Gasteiger partial charge in [0, 0.05) is 25.5 Å². The van der Waals surface area contributed by atoms with Crippen LogP contribution in [0.25, 0.3) is 5.70 Å². The summed E-state index contributed by atoms with van der Waals surface area (Å²) in [5.41, 5.74) is 4.29. The van der Waals surface area contributed by atoms with Crippen LogP contribution in [0, 0.1) is 0 Å². The molecule has 1 aliphatic heterocycles. The Labute approximate surface area is 151 Å². The number of benzene rings is 2. The highest BCUT2D eigenvalue weighted by molar-refractivity contribution is 5.77. The molecule has 1 aromatic heterocycles. The molecule has 1 N–H and O–H groups in total. The van der Waals surface area contributed by atoms with E-state index in [2.05, 4.69) is 56.1 Å². The molecular formula is C19H20N6O. The van der Waals surface area contributed by atoms with Crippen molar-refractivity contribution in [3.63, 3.8) is 0 Å². The van der Waals surface area contributed by atoms with Crippen molar-refractivity contribution in [2.75, 3.05) is 31.4 Å². The van der Waals surface area contributed by atoms with Gasteiger partial charge in [0.05, 0.1) is 7.11 Å². The van der Waals surface area contributed by atoms with Crippen LogP contribution < -0.4 is 15.0 Å². The number of nitrogens with one attached hydrogen (secondary N) is 1. The molecule has 2 heterocycles. The molecule has 0 fully saturated rings. The summed E-state index contributed by atoms with van der Waals surface area (Å²) in [4.78, 5) is 2.08. The molecule has 0 radical (unpaired) electrons. The number of hydrogen-bond donors (Lipinski definition) is 1. The fourth-order valence-corrected chi connectivity index (χ4v) is 3.00. The zero-order valence-electron chi connectivity index (χ0n) is 14.9. The third-order valence-electron chi connectivity index (χ3n) is 4.48. The number of allylic oxidation sites excluding steroid dienone is 1. The predicted octanol–water partition coefficient (Wildman–Crippen LogP) is 2.80. The Morgan fingerprint density at radius 1 is 1.04 bits per heavy atom. The maximum Gasteiger partial charge on any atom is 0.248 e. The van der Waals surface area contributed by atoms with Gasteiger partial charge in [-0.25, -0.2) is 0 Å². The second-order valence-electron chi connectivity index (χ2n) is 6.31. The summed E-state index contributed by atoms with van der Waals surface area (Å²) >= 11 is 0. The molecule has 132 valence electrons. The van der Waals surface area contributed by atoms with E-state index in [0.29, 0.717) is 5.95 Å². The molecule has 1 unspecified atom stereocenters. The molecule has 2 aromatic carbocycles. The van der Waals surface area contributed by atoms with Crippen LogP contribution in [0.5, 0.6) is 5.75 Å². The summed E-state index contributed by atoms with van der Waals surface area (Å²) in [6.45, 7) is 0. The third-order valence-corrected chi connectivity index (χ3v) is 4.48. The fraction of sp³-hybridized carbons (Fsp3) is 0.211. The maximum absolute atomic E-state index is 5.24. The summed E-state index contributed by atoms with van der Waals surface area (Å²) < 4.78 is 7.03. The molecule has 0 amide bonds. The van der Waals surface area contributed by atoms with E-state index < -0.39 is 0 Å². The second kappa shape index (κ2) is 6.51. The Morgan fingerprint density at radius 3 is 2.42 bits per heavy atom. The summed E-state index contributed by atoms with van der Waals surface area (Å²) in [5, 5.41) is 15.4. The van der Waals surface area contributed by atoms with Gasteiger partial charge in [-0.2, -0.15) is 4.68 Å². The van der Waals surface area contributed by atoms with Crippen LogP contribution in [-0.2, 0) is 0 Å². The van der Waals surface area contributed by atoms with Gasteiger partial charge in [-0.15, -0.1) is 0 Å². The molecular weight excluding hydrogens is 328 g/mol. The van der Waals surface area contributed by atoms with Crippen molar-refractivity contribution in [2.24, 2.45) is 0 Å². The van der Waals surface area contributed by atoms with E-state index in [9.17, 15) is 0 Å². The zero-order chi connectivity index (χ0) is 18.1. The van der Waals surface area contributed by atoms with Gasteiger partial charge in [0.1, 0.15) is 11.8 Å². The highest BCUT2D eigenvalue weighted by Gasteiger charge is 2.24. The SMILES string of the molecule is COc1ccc(C2=CC(c3ccc(N(C)C)cc3)n3nnnc3N2)cc1. The first-order valence-corrected chi connectivity index (χ1v) is 8.34. The Balaban J connectivity index is 1.73. The van der Waals surface area contributed by atoms with Crippen LogP contribution in [0.15, 0.2) is 54.6 Å². The van der Waals surface area contributed by atoms with Crippen molar-refractivity contribution in [3.8, 4) is 5.75 Å². The van der Waals surface area contributed by atoms with E-state index >= 15 is 0 Å². The Bertz CT molecular complexity index is 927. The number of methoxy groups -OCH3 is 1. The first-order chi connectivity index (χ1) is 12.7. The van der Waals surface area contributed by atoms with Gasteiger partial charge in [0.15, 0.2) is 0 Å². The number of rotatable bonds is 4. The lowest BCUT2D eigenvalue weighted by Gasteiger charge is -2.24. The molecule has 4 rings (SSSR count). The Morgan fingerprint density at radius 2 is 1.77 bits per heavy atom. The first kappa shape index (κ1) is 16.1. The summed E-state index contributed by atoms with van der Waals surface area (Å²) in [6, 6.07) is 16.3. The normalized spacial score (nSPS) is 15.7. The number of aromatic nitrogens is 4. The molecule has 0 saturated carbocycles. The lowest BCUT2D eigenvalue weighted by Crippen LogP contribution is -2.20. The van der Waals surface area contributed by atoms with Crippen LogP contribution in [0.3, 0.4) is 0 Å². The van der Waals surface area contributed by atoms with Crippen molar-refractivity contribution >= 4 is 17.3 Å². The van der Waals surface area contributed by atoms with Crippen molar-refractivity contribution in [1.29, 1.82) is 0 Å². The molecule has 3 aromatic rings. The van der Waals surface area contributed by atoms with Gasteiger partial charge in [-0.3, -0.25) is 0 Å². The van der Waals surface area contributed by atoms with E-state index in [1.807, 2.05) is 38.4 Å². The summed E-state index contributed by atoms with van der Waals surface area (Å²) in [5.74, 6) is 1.45. The monoisotopic (exact) mass is 348 g/mol. The van der Waals surface area contributed by atoms with Crippen LogP contribution in [0.2, 0.25) is 0 Å². The van der Waals surface area contributed by atoms with Crippen LogP contribution in [0.1, 0.15) is 17.2 Å². The van der Waals surface area contributed by atoms with Gasteiger partial charge < -0.3 is 15.0 Å². The Kier molecular flexibility index (Phi) is 4.04. The Hall–Kier alpha value is -3.35. The quantitative estimate of drug-likeness (QED) is 0.782. The number of tetrazole rings is 1. The average Bonchev–Trinajstić information content (AvgIpc) is 3.16. The van der Waals surface area contributed by atoms with Crippen LogP contribution >= 0.6 is 0 Å². The number of anilines is 2. The minimum Gasteiger partial charge on any atom is -0.497 e. The van der Waals surface area contributed by atoms with Crippen LogP contribution in [0.4, 0.5) is 11.6 Å². The van der Waals surface area contributed by atoms with E-state index in [4.69, 9.17) is 4.74 Å².